The second-order valence-corrected chi connectivity index (χ2v) is 10.3. The van der Waals surface area contributed by atoms with Crippen LogP contribution in [0, 0.1) is 0 Å². The average Bonchev–Trinajstić information content (AvgIpc) is 3.36. The molecule has 4 nitrogen and oxygen atoms in total. The van der Waals surface area contributed by atoms with Crippen molar-refractivity contribution in [2.45, 2.75) is 5.41 Å². The van der Waals surface area contributed by atoms with Gasteiger partial charge in [0.1, 0.15) is 5.41 Å². The van der Waals surface area contributed by atoms with Gasteiger partial charge in [-0.05, 0) is 45.2 Å². The number of pyridine rings is 1. The van der Waals surface area contributed by atoms with Crippen molar-refractivity contribution in [3.05, 3.63) is 168 Å². The molecular weight excluding hydrogens is 500 g/mol. The summed E-state index contributed by atoms with van der Waals surface area (Å²) < 4.78 is 0. The topological polar surface area (TPSA) is 51.6 Å². The SMILES string of the molecule is c1ccc(-c2nc(-c3ccc4ccccc4c3)nc(C3(c4ccccc4)c4ccccc4-c4ccncc43)n2)cc1. The molecule has 0 aliphatic heterocycles. The lowest BCUT2D eigenvalue weighted by molar-refractivity contribution is 0.689. The van der Waals surface area contributed by atoms with Gasteiger partial charge in [0.05, 0.1) is 0 Å². The maximum atomic E-state index is 5.31. The van der Waals surface area contributed by atoms with E-state index < -0.39 is 5.41 Å². The van der Waals surface area contributed by atoms with Crippen LogP contribution in [0.4, 0.5) is 0 Å². The molecule has 2 heterocycles. The Morgan fingerprint density at radius 1 is 0.463 bits per heavy atom. The van der Waals surface area contributed by atoms with E-state index in [1.807, 2.05) is 36.7 Å². The van der Waals surface area contributed by atoms with Crippen LogP contribution in [0.3, 0.4) is 0 Å². The third kappa shape index (κ3) is 3.61. The molecule has 8 rings (SSSR count). The van der Waals surface area contributed by atoms with Gasteiger partial charge in [-0.2, -0.15) is 0 Å². The van der Waals surface area contributed by atoms with Crippen LogP contribution in [0.5, 0.6) is 0 Å². The molecule has 1 aliphatic carbocycles. The minimum Gasteiger partial charge on any atom is -0.264 e. The molecule has 7 aromatic rings. The maximum absolute atomic E-state index is 5.31. The van der Waals surface area contributed by atoms with Crippen molar-refractivity contribution in [3.63, 3.8) is 0 Å². The summed E-state index contributed by atoms with van der Waals surface area (Å²) in [6.07, 6.45) is 3.84. The molecule has 0 spiro atoms. The first-order valence-corrected chi connectivity index (χ1v) is 13.7. The minimum atomic E-state index is -0.764. The summed E-state index contributed by atoms with van der Waals surface area (Å²) in [6.45, 7) is 0. The van der Waals surface area contributed by atoms with E-state index in [-0.39, 0.29) is 0 Å². The normalized spacial score (nSPS) is 15.4. The molecule has 0 N–H and O–H groups in total. The predicted octanol–water partition coefficient (Wildman–Crippen LogP) is 8.12. The van der Waals surface area contributed by atoms with Crippen molar-refractivity contribution in [1.29, 1.82) is 0 Å². The van der Waals surface area contributed by atoms with E-state index in [2.05, 4.69) is 114 Å². The van der Waals surface area contributed by atoms with Crippen LogP contribution in [-0.4, -0.2) is 19.9 Å². The zero-order valence-corrected chi connectivity index (χ0v) is 22.1. The Labute approximate surface area is 238 Å². The third-order valence-electron chi connectivity index (χ3n) is 8.06. The summed E-state index contributed by atoms with van der Waals surface area (Å²) in [4.78, 5) is 20.2. The van der Waals surface area contributed by atoms with E-state index >= 15 is 0 Å². The molecule has 0 fully saturated rings. The largest absolute Gasteiger partial charge is 0.264 e. The van der Waals surface area contributed by atoms with E-state index in [1.165, 1.54) is 10.9 Å². The molecule has 5 aromatic carbocycles. The lowest BCUT2D eigenvalue weighted by Gasteiger charge is -2.31. The van der Waals surface area contributed by atoms with Gasteiger partial charge in [0.15, 0.2) is 17.5 Å². The summed E-state index contributed by atoms with van der Waals surface area (Å²) >= 11 is 0. The fourth-order valence-electron chi connectivity index (χ4n) is 6.20. The second-order valence-electron chi connectivity index (χ2n) is 10.3. The fraction of sp³-hybridized carbons (Fsp3) is 0.0270. The minimum absolute atomic E-state index is 0.642. The van der Waals surface area contributed by atoms with E-state index in [4.69, 9.17) is 15.0 Å². The zero-order chi connectivity index (χ0) is 27.2. The van der Waals surface area contributed by atoms with Crippen LogP contribution in [0.2, 0.25) is 0 Å². The molecule has 1 aliphatic rings. The van der Waals surface area contributed by atoms with Gasteiger partial charge in [-0.25, -0.2) is 15.0 Å². The van der Waals surface area contributed by atoms with Crippen LogP contribution >= 0.6 is 0 Å². The summed E-state index contributed by atoms with van der Waals surface area (Å²) in [5.41, 5.74) is 6.75. The Balaban J connectivity index is 1.49. The molecule has 4 heteroatoms. The smallest absolute Gasteiger partial charge is 0.163 e. The van der Waals surface area contributed by atoms with Gasteiger partial charge in [0.25, 0.3) is 0 Å². The van der Waals surface area contributed by atoms with Crippen molar-refractivity contribution < 1.29 is 0 Å². The van der Waals surface area contributed by atoms with E-state index in [1.54, 1.807) is 0 Å². The Morgan fingerprint density at radius 2 is 1.12 bits per heavy atom. The van der Waals surface area contributed by atoms with E-state index in [0.29, 0.717) is 17.5 Å². The molecule has 1 atom stereocenters. The highest BCUT2D eigenvalue weighted by Crippen LogP contribution is 2.55. The third-order valence-corrected chi connectivity index (χ3v) is 8.06. The number of hydrogen-bond acceptors (Lipinski definition) is 4. The first-order chi connectivity index (χ1) is 20.3. The number of hydrogen-bond donors (Lipinski definition) is 0. The molecular formula is C37H24N4. The first kappa shape index (κ1) is 23.4. The second kappa shape index (κ2) is 9.32. The average molecular weight is 525 g/mol. The quantitative estimate of drug-likeness (QED) is 0.233. The molecule has 0 radical (unpaired) electrons. The number of aromatic nitrogens is 4. The van der Waals surface area contributed by atoms with Crippen molar-refractivity contribution >= 4 is 10.8 Å². The Bertz CT molecular complexity index is 2010. The highest BCUT2D eigenvalue weighted by Gasteiger charge is 2.49. The fourth-order valence-corrected chi connectivity index (χ4v) is 6.20. The van der Waals surface area contributed by atoms with Crippen LogP contribution < -0.4 is 0 Å². The Kier molecular flexibility index (Phi) is 5.32. The highest BCUT2D eigenvalue weighted by molar-refractivity contribution is 5.87. The molecule has 0 amide bonds. The predicted molar refractivity (Wildman–Crippen MR) is 163 cm³/mol. The number of rotatable bonds is 4. The van der Waals surface area contributed by atoms with E-state index in [0.717, 1.165) is 38.8 Å². The Morgan fingerprint density at radius 3 is 1.95 bits per heavy atom. The van der Waals surface area contributed by atoms with Crippen molar-refractivity contribution in [2.75, 3.05) is 0 Å². The van der Waals surface area contributed by atoms with Gasteiger partial charge in [0, 0.05) is 29.1 Å². The standard InChI is InChI=1S/C37H24N4/c1-3-12-26(13-4-1)34-39-35(28-20-19-25-11-7-8-14-27(25)23-28)41-36(40-34)37(29-15-5-2-6-16-29)32-18-10-9-17-30(32)31-21-22-38-24-33(31)37/h1-24H. The lowest BCUT2D eigenvalue weighted by atomic mass is 9.72. The first-order valence-electron chi connectivity index (χ1n) is 13.7. The lowest BCUT2D eigenvalue weighted by Crippen LogP contribution is -2.32. The zero-order valence-electron chi connectivity index (χ0n) is 22.1. The maximum Gasteiger partial charge on any atom is 0.163 e. The van der Waals surface area contributed by atoms with Crippen LogP contribution in [0.1, 0.15) is 22.5 Å². The van der Waals surface area contributed by atoms with Crippen LogP contribution in [0.25, 0.3) is 44.7 Å². The molecule has 41 heavy (non-hydrogen) atoms. The van der Waals surface area contributed by atoms with Crippen molar-refractivity contribution in [3.8, 4) is 33.9 Å². The van der Waals surface area contributed by atoms with Gasteiger partial charge in [-0.1, -0.05) is 121 Å². The van der Waals surface area contributed by atoms with Gasteiger partial charge in [-0.15, -0.1) is 0 Å². The van der Waals surface area contributed by atoms with Gasteiger partial charge >= 0.3 is 0 Å². The van der Waals surface area contributed by atoms with Gasteiger partial charge < -0.3 is 0 Å². The van der Waals surface area contributed by atoms with Crippen LogP contribution in [0.15, 0.2) is 146 Å². The summed E-state index contributed by atoms with van der Waals surface area (Å²) in [6, 6.07) is 46.1. The monoisotopic (exact) mass is 524 g/mol. The molecule has 0 bridgehead atoms. The molecule has 2 aromatic heterocycles. The summed E-state index contributed by atoms with van der Waals surface area (Å²) in [5.74, 6) is 1.97. The van der Waals surface area contributed by atoms with Crippen molar-refractivity contribution in [2.24, 2.45) is 0 Å². The van der Waals surface area contributed by atoms with E-state index in [9.17, 15) is 0 Å². The summed E-state index contributed by atoms with van der Waals surface area (Å²) in [7, 11) is 0. The van der Waals surface area contributed by atoms with Crippen LogP contribution in [-0.2, 0) is 5.41 Å². The highest BCUT2D eigenvalue weighted by atomic mass is 15.0. The molecule has 192 valence electrons. The Hall–Kier alpha value is -5.48. The van der Waals surface area contributed by atoms with Crippen molar-refractivity contribution in [1.82, 2.24) is 19.9 Å². The molecule has 0 saturated carbocycles. The number of fused-ring (bicyclic) bond motifs is 4. The molecule has 0 saturated heterocycles. The summed E-state index contributed by atoms with van der Waals surface area (Å²) in [5, 5.41) is 2.33. The number of benzene rings is 5. The number of nitrogens with zero attached hydrogens (tertiary/aromatic N) is 4. The van der Waals surface area contributed by atoms with Gasteiger partial charge in [-0.3, -0.25) is 4.98 Å². The molecule has 1 unspecified atom stereocenters. The van der Waals surface area contributed by atoms with Gasteiger partial charge in [0.2, 0.25) is 0 Å².